The lowest BCUT2D eigenvalue weighted by molar-refractivity contribution is -0.143. The molecule has 8 heteroatoms. The Morgan fingerprint density at radius 2 is 2.05 bits per heavy atom. The average Bonchev–Trinajstić information content (AvgIpc) is 2.59. The molecule has 0 aliphatic heterocycles. The van der Waals surface area contributed by atoms with Crippen molar-refractivity contribution in [3.8, 4) is 0 Å². The van der Waals surface area contributed by atoms with E-state index in [1.807, 2.05) is 0 Å². The maximum absolute atomic E-state index is 11.7. The number of primary amides is 1. The first kappa shape index (κ1) is 14.7. The van der Waals surface area contributed by atoms with Crippen molar-refractivity contribution in [1.29, 1.82) is 0 Å². The first-order valence-corrected chi connectivity index (χ1v) is 5.62. The summed E-state index contributed by atoms with van der Waals surface area (Å²) in [5, 5.41) is 17.8. The van der Waals surface area contributed by atoms with Gasteiger partial charge in [0.15, 0.2) is 0 Å². The minimum atomic E-state index is -1.31. The molecule has 1 aromatic rings. The van der Waals surface area contributed by atoms with Gasteiger partial charge in [0.2, 0.25) is 11.8 Å². The van der Waals surface area contributed by atoms with Gasteiger partial charge in [0.25, 0.3) is 0 Å². The number of carbonyl (C=O) groups excluding carboxylic acids is 2. The Morgan fingerprint density at radius 1 is 1.42 bits per heavy atom. The Labute approximate surface area is 109 Å². The molecular weight excluding hydrogens is 252 g/mol. The summed E-state index contributed by atoms with van der Waals surface area (Å²) >= 11 is 0. The average molecular weight is 268 g/mol. The fourth-order valence-electron chi connectivity index (χ4n) is 1.64. The molecule has 1 atom stereocenters. The van der Waals surface area contributed by atoms with Crippen molar-refractivity contribution in [2.24, 2.45) is 5.73 Å². The number of nitrogens with two attached hydrogens (primary N) is 1. The Balaban J connectivity index is 2.68. The third kappa shape index (κ3) is 4.09. The standard InChI is InChI=1S/C11H16N4O4/c1-5-7(6(2)15-14-5)3-10(17)13-8(11(18)19)4-9(12)16/h8H,3-4H2,1-2H3,(H2,12,16)(H,13,17)(H,14,15)(H,18,19). The van der Waals surface area contributed by atoms with Crippen LogP contribution in [0.4, 0.5) is 0 Å². The number of aliphatic carboxylic acids is 1. The third-order valence-corrected chi connectivity index (χ3v) is 2.66. The predicted molar refractivity (Wildman–Crippen MR) is 65.1 cm³/mol. The zero-order valence-corrected chi connectivity index (χ0v) is 10.7. The molecule has 8 nitrogen and oxygen atoms in total. The smallest absolute Gasteiger partial charge is 0.326 e. The molecule has 1 heterocycles. The highest BCUT2D eigenvalue weighted by Gasteiger charge is 2.23. The fraction of sp³-hybridized carbons (Fsp3) is 0.455. The second kappa shape index (κ2) is 5.98. The Hall–Kier alpha value is -2.38. The first-order valence-electron chi connectivity index (χ1n) is 5.62. The van der Waals surface area contributed by atoms with Crippen LogP contribution in [0.5, 0.6) is 0 Å². The van der Waals surface area contributed by atoms with Crippen molar-refractivity contribution in [3.05, 3.63) is 17.0 Å². The summed E-state index contributed by atoms with van der Waals surface area (Å²) in [4.78, 5) is 33.3. The monoisotopic (exact) mass is 268 g/mol. The molecule has 0 bridgehead atoms. The van der Waals surface area contributed by atoms with Crippen LogP contribution in [0.1, 0.15) is 23.4 Å². The van der Waals surface area contributed by atoms with Crippen LogP contribution in [0.25, 0.3) is 0 Å². The third-order valence-electron chi connectivity index (χ3n) is 2.66. The summed E-state index contributed by atoms with van der Waals surface area (Å²) in [6, 6.07) is -1.31. The summed E-state index contributed by atoms with van der Waals surface area (Å²) in [6.45, 7) is 3.50. The molecule has 0 radical (unpaired) electrons. The molecular formula is C11H16N4O4. The maximum atomic E-state index is 11.7. The second-order valence-electron chi connectivity index (χ2n) is 4.22. The molecule has 0 fully saturated rings. The van der Waals surface area contributed by atoms with E-state index in [1.165, 1.54) is 0 Å². The number of H-pyrrole nitrogens is 1. The molecule has 2 amide bonds. The van der Waals surface area contributed by atoms with Gasteiger partial charge in [-0.15, -0.1) is 0 Å². The number of hydrogen-bond acceptors (Lipinski definition) is 4. The number of amides is 2. The van der Waals surface area contributed by atoms with Crippen molar-refractivity contribution in [2.45, 2.75) is 32.7 Å². The molecule has 104 valence electrons. The van der Waals surface area contributed by atoms with E-state index in [0.29, 0.717) is 11.3 Å². The fourth-order valence-corrected chi connectivity index (χ4v) is 1.64. The minimum absolute atomic E-state index is 0.00327. The molecule has 0 spiro atoms. The van der Waals surface area contributed by atoms with E-state index in [-0.39, 0.29) is 6.42 Å². The van der Waals surface area contributed by atoms with Crippen LogP contribution in [0.15, 0.2) is 0 Å². The maximum Gasteiger partial charge on any atom is 0.326 e. The van der Waals surface area contributed by atoms with Gasteiger partial charge in [-0.05, 0) is 13.8 Å². The summed E-state index contributed by atoms with van der Waals surface area (Å²) in [5.74, 6) is -2.59. The number of nitrogens with one attached hydrogen (secondary N) is 2. The van der Waals surface area contributed by atoms with Crippen molar-refractivity contribution in [3.63, 3.8) is 0 Å². The minimum Gasteiger partial charge on any atom is -0.480 e. The molecule has 19 heavy (non-hydrogen) atoms. The molecule has 1 aromatic heterocycles. The van der Waals surface area contributed by atoms with Gasteiger partial charge in [-0.25, -0.2) is 4.79 Å². The molecule has 5 N–H and O–H groups in total. The molecule has 1 rings (SSSR count). The van der Waals surface area contributed by atoms with Crippen LogP contribution < -0.4 is 11.1 Å². The lowest BCUT2D eigenvalue weighted by Crippen LogP contribution is -2.44. The number of carboxylic acids is 1. The number of rotatable bonds is 6. The van der Waals surface area contributed by atoms with Crippen LogP contribution in [-0.2, 0) is 20.8 Å². The molecule has 0 saturated carbocycles. The van der Waals surface area contributed by atoms with Gasteiger partial charge < -0.3 is 16.2 Å². The van der Waals surface area contributed by atoms with Gasteiger partial charge in [0, 0.05) is 11.3 Å². The molecule has 1 unspecified atom stereocenters. The van der Waals surface area contributed by atoms with E-state index in [0.717, 1.165) is 5.69 Å². The number of aromatic amines is 1. The van der Waals surface area contributed by atoms with Crippen LogP contribution in [-0.4, -0.2) is 39.1 Å². The van der Waals surface area contributed by atoms with Crippen molar-refractivity contribution in [1.82, 2.24) is 15.5 Å². The van der Waals surface area contributed by atoms with Crippen LogP contribution in [0, 0.1) is 13.8 Å². The number of nitrogens with zero attached hydrogens (tertiary/aromatic N) is 1. The zero-order valence-electron chi connectivity index (χ0n) is 10.7. The predicted octanol–water partition coefficient (Wildman–Crippen LogP) is -0.986. The van der Waals surface area contributed by atoms with E-state index in [4.69, 9.17) is 10.8 Å². The number of carboxylic acid groups (broad SMARTS) is 1. The molecule has 0 aliphatic rings. The molecule has 0 aliphatic carbocycles. The summed E-state index contributed by atoms with van der Waals surface area (Å²) in [6.07, 6.45) is -0.443. The summed E-state index contributed by atoms with van der Waals surface area (Å²) in [7, 11) is 0. The van der Waals surface area contributed by atoms with Crippen molar-refractivity contribution >= 4 is 17.8 Å². The van der Waals surface area contributed by atoms with Gasteiger partial charge in [-0.2, -0.15) is 5.10 Å². The van der Waals surface area contributed by atoms with Crippen LogP contribution in [0.3, 0.4) is 0 Å². The number of aryl methyl sites for hydroxylation is 2. The largest absolute Gasteiger partial charge is 0.480 e. The van der Waals surface area contributed by atoms with E-state index in [9.17, 15) is 14.4 Å². The molecule has 0 aromatic carbocycles. The van der Waals surface area contributed by atoms with Crippen LogP contribution in [0.2, 0.25) is 0 Å². The van der Waals surface area contributed by atoms with Gasteiger partial charge in [-0.1, -0.05) is 0 Å². The quantitative estimate of drug-likeness (QED) is 0.525. The van der Waals surface area contributed by atoms with E-state index in [1.54, 1.807) is 13.8 Å². The topological polar surface area (TPSA) is 138 Å². The van der Waals surface area contributed by atoms with Gasteiger partial charge in [0.1, 0.15) is 6.04 Å². The van der Waals surface area contributed by atoms with Gasteiger partial charge >= 0.3 is 5.97 Å². The zero-order chi connectivity index (χ0) is 14.6. The van der Waals surface area contributed by atoms with E-state index >= 15 is 0 Å². The van der Waals surface area contributed by atoms with Crippen molar-refractivity contribution in [2.75, 3.05) is 0 Å². The Morgan fingerprint density at radius 3 is 2.47 bits per heavy atom. The summed E-state index contributed by atoms with van der Waals surface area (Å²) in [5.41, 5.74) is 7.05. The number of carbonyl (C=O) groups is 3. The first-order chi connectivity index (χ1) is 8.81. The highest BCUT2D eigenvalue weighted by Crippen LogP contribution is 2.10. The lowest BCUT2D eigenvalue weighted by atomic mass is 10.1. The van der Waals surface area contributed by atoms with E-state index < -0.39 is 30.2 Å². The van der Waals surface area contributed by atoms with Crippen LogP contribution >= 0.6 is 0 Å². The highest BCUT2D eigenvalue weighted by atomic mass is 16.4. The number of aromatic nitrogens is 2. The second-order valence-corrected chi connectivity index (χ2v) is 4.22. The van der Waals surface area contributed by atoms with Gasteiger partial charge in [-0.3, -0.25) is 14.7 Å². The normalized spacial score (nSPS) is 11.9. The lowest BCUT2D eigenvalue weighted by Gasteiger charge is -2.12. The Kier molecular flexibility index (Phi) is 4.62. The number of hydrogen-bond donors (Lipinski definition) is 4. The molecule has 0 saturated heterocycles. The van der Waals surface area contributed by atoms with Crippen molar-refractivity contribution < 1.29 is 19.5 Å². The highest BCUT2D eigenvalue weighted by molar-refractivity contribution is 5.88. The SMILES string of the molecule is Cc1n[nH]c(C)c1CC(=O)NC(CC(N)=O)C(=O)O. The summed E-state index contributed by atoms with van der Waals surface area (Å²) < 4.78 is 0. The van der Waals surface area contributed by atoms with Gasteiger partial charge in [0.05, 0.1) is 18.5 Å². The van der Waals surface area contributed by atoms with E-state index in [2.05, 4.69) is 15.5 Å². The Bertz CT molecular complexity index is 489.